The fourth-order valence-corrected chi connectivity index (χ4v) is 1.04. The van der Waals surface area contributed by atoms with Crippen molar-refractivity contribution < 1.29 is 19.8 Å². The van der Waals surface area contributed by atoms with Crippen LogP contribution >= 0.6 is 0 Å². The van der Waals surface area contributed by atoms with E-state index in [1.54, 1.807) is 13.8 Å². The van der Waals surface area contributed by atoms with Gasteiger partial charge >= 0.3 is 11.9 Å². The van der Waals surface area contributed by atoms with Crippen LogP contribution in [0.15, 0.2) is 46.8 Å². The van der Waals surface area contributed by atoms with Crippen molar-refractivity contribution in [2.75, 3.05) is 0 Å². The molecule has 6 N–H and O–H groups in total. The largest absolute Gasteiger partial charge is 0.478 e. The molecule has 0 aromatic heterocycles. The maximum atomic E-state index is 10.7. The fourth-order valence-electron chi connectivity index (χ4n) is 1.04. The highest BCUT2D eigenvalue weighted by molar-refractivity contribution is 5.91. The second-order valence-electron chi connectivity index (χ2n) is 3.30. The molecule has 0 unspecified atom stereocenters. The molecule has 0 radical (unpaired) electrons. The van der Waals surface area contributed by atoms with Crippen LogP contribution in [-0.4, -0.2) is 22.2 Å². The normalized spacial score (nSPS) is 14.6. The molecule has 0 saturated heterocycles. The van der Waals surface area contributed by atoms with Crippen molar-refractivity contribution in [2.24, 2.45) is 11.5 Å². The molecule has 0 aliphatic carbocycles. The highest BCUT2D eigenvalue weighted by Crippen LogP contribution is 2.07. The predicted molar refractivity (Wildman–Crippen MR) is 67.3 cm³/mol. The van der Waals surface area contributed by atoms with E-state index in [4.69, 9.17) is 21.7 Å². The van der Waals surface area contributed by atoms with Gasteiger partial charge in [0.05, 0.1) is 22.5 Å². The first-order valence-electron chi connectivity index (χ1n) is 5.07. The van der Waals surface area contributed by atoms with Gasteiger partial charge in [0.1, 0.15) is 0 Å². The lowest BCUT2D eigenvalue weighted by Gasteiger charge is -2.03. The summed E-state index contributed by atoms with van der Waals surface area (Å²) in [5.74, 6) is -2.28. The molecule has 0 rings (SSSR count). The van der Waals surface area contributed by atoms with E-state index in [0.717, 1.165) is 0 Å². The Labute approximate surface area is 105 Å². The van der Waals surface area contributed by atoms with Crippen LogP contribution in [0.25, 0.3) is 0 Å². The maximum absolute atomic E-state index is 10.7. The molecule has 0 aromatic rings. The van der Waals surface area contributed by atoms with E-state index in [-0.39, 0.29) is 22.5 Å². The highest BCUT2D eigenvalue weighted by atomic mass is 16.4. The van der Waals surface area contributed by atoms with Gasteiger partial charge in [0.25, 0.3) is 0 Å². The third-order valence-corrected chi connectivity index (χ3v) is 2.07. The Morgan fingerprint density at radius 2 is 1.11 bits per heavy atom. The summed E-state index contributed by atoms with van der Waals surface area (Å²) < 4.78 is 0. The lowest BCUT2D eigenvalue weighted by molar-refractivity contribution is -0.133. The third kappa shape index (κ3) is 4.56. The van der Waals surface area contributed by atoms with E-state index < -0.39 is 11.9 Å². The minimum absolute atomic E-state index is 0.00824. The van der Waals surface area contributed by atoms with Gasteiger partial charge in [0.2, 0.25) is 0 Å². The van der Waals surface area contributed by atoms with Crippen LogP contribution in [0.1, 0.15) is 13.8 Å². The van der Waals surface area contributed by atoms with Crippen LogP contribution in [0.5, 0.6) is 0 Å². The maximum Gasteiger partial charge on any atom is 0.335 e. The van der Waals surface area contributed by atoms with Gasteiger partial charge in [-0.1, -0.05) is 12.2 Å². The van der Waals surface area contributed by atoms with Crippen LogP contribution in [0.2, 0.25) is 0 Å². The molecule has 18 heavy (non-hydrogen) atoms. The van der Waals surface area contributed by atoms with Crippen molar-refractivity contribution in [1.82, 2.24) is 0 Å². The predicted octanol–water partition coefficient (Wildman–Crippen LogP) is 0.733. The molecule has 0 amide bonds. The molecule has 0 aromatic carbocycles. The first-order valence-corrected chi connectivity index (χ1v) is 5.07. The Morgan fingerprint density at radius 1 is 0.833 bits per heavy atom. The molecule has 0 bridgehead atoms. The lowest BCUT2D eigenvalue weighted by Crippen LogP contribution is -2.12. The van der Waals surface area contributed by atoms with Gasteiger partial charge in [-0.25, -0.2) is 9.59 Å². The topological polar surface area (TPSA) is 127 Å². The van der Waals surface area contributed by atoms with E-state index >= 15 is 0 Å². The summed E-state index contributed by atoms with van der Waals surface area (Å²) in [6.07, 6.45) is 5.05. The number of carbonyl (C=O) groups is 2. The number of carboxylic acids is 2. The van der Waals surface area contributed by atoms with Gasteiger partial charge in [-0.15, -0.1) is 0 Å². The van der Waals surface area contributed by atoms with E-state index in [0.29, 0.717) is 0 Å². The zero-order chi connectivity index (χ0) is 14.3. The van der Waals surface area contributed by atoms with Crippen LogP contribution in [0.3, 0.4) is 0 Å². The number of rotatable bonds is 5. The Kier molecular flexibility index (Phi) is 5.98. The number of allylic oxidation sites excluding steroid dienone is 2. The Balaban J connectivity index is 5.29. The number of hydrogen-bond donors (Lipinski definition) is 4. The smallest absolute Gasteiger partial charge is 0.335 e. The molecule has 6 nitrogen and oxygen atoms in total. The number of nitrogens with two attached hydrogens (primary N) is 2. The summed E-state index contributed by atoms with van der Waals surface area (Å²) in [6.45, 7) is 3.09. The molecule has 0 spiro atoms. The monoisotopic (exact) mass is 252 g/mol. The molecule has 0 aliphatic heterocycles. The van der Waals surface area contributed by atoms with Crippen LogP contribution in [0, 0.1) is 0 Å². The molecule has 0 atom stereocenters. The summed E-state index contributed by atoms with van der Waals surface area (Å²) >= 11 is 0. The third-order valence-electron chi connectivity index (χ3n) is 2.07. The summed E-state index contributed by atoms with van der Waals surface area (Å²) in [6, 6.07) is 0. The first kappa shape index (κ1) is 15.5. The van der Waals surface area contributed by atoms with Gasteiger partial charge < -0.3 is 21.7 Å². The minimum atomic E-state index is -1.14. The molecule has 6 heteroatoms. The zero-order valence-electron chi connectivity index (χ0n) is 10.2. The number of aliphatic carboxylic acids is 2. The highest BCUT2D eigenvalue weighted by Gasteiger charge is 2.07. The molecule has 0 saturated carbocycles. The van der Waals surface area contributed by atoms with Crippen LogP contribution < -0.4 is 11.5 Å². The number of carboxylic acid groups (broad SMARTS) is 2. The van der Waals surface area contributed by atoms with Gasteiger partial charge in [-0.05, 0) is 26.0 Å². The second kappa shape index (κ2) is 6.95. The SMILES string of the molecule is C\C=C(/C=C(N)/C(N)=C/C(=C\C)C(=O)O)C(=O)O. The van der Waals surface area contributed by atoms with Crippen molar-refractivity contribution in [3.63, 3.8) is 0 Å². The molecule has 0 fully saturated rings. The number of hydrogen-bond acceptors (Lipinski definition) is 4. The fraction of sp³-hybridized carbons (Fsp3) is 0.167. The van der Waals surface area contributed by atoms with Crippen molar-refractivity contribution in [1.29, 1.82) is 0 Å². The second-order valence-corrected chi connectivity index (χ2v) is 3.30. The van der Waals surface area contributed by atoms with E-state index in [9.17, 15) is 9.59 Å². The van der Waals surface area contributed by atoms with E-state index in [1.165, 1.54) is 24.3 Å². The van der Waals surface area contributed by atoms with Crippen LogP contribution in [0.4, 0.5) is 0 Å². The lowest BCUT2D eigenvalue weighted by atomic mass is 10.1. The molecule has 0 heterocycles. The summed E-state index contributed by atoms with van der Waals surface area (Å²) in [7, 11) is 0. The van der Waals surface area contributed by atoms with Crippen molar-refractivity contribution >= 4 is 11.9 Å². The first-order chi connectivity index (χ1) is 8.33. The van der Waals surface area contributed by atoms with Crippen molar-refractivity contribution in [2.45, 2.75) is 13.8 Å². The quantitative estimate of drug-likeness (QED) is 0.422. The Hall–Kier alpha value is -2.50. The average molecular weight is 252 g/mol. The van der Waals surface area contributed by atoms with Gasteiger partial charge in [-0.3, -0.25) is 0 Å². The van der Waals surface area contributed by atoms with E-state index in [2.05, 4.69) is 0 Å². The van der Waals surface area contributed by atoms with Gasteiger partial charge in [0, 0.05) is 0 Å². The molecule has 0 aliphatic rings. The summed E-state index contributed by atoms with van der Waals surface area (Å²) in [5.41, 5.74) is 11.1. The Morgan fingerprint density at radius 3 is 1.28 bits per heavy atom. The minimum Gasteiger partial charge on any atom is -0.478 e. The zero-order valence-corrected chi connectivity index (χ0v) is 10.2. The van der Waals surface area contributed by atoms with Crippen molar-refractivity contribution in [3.8, 4) is 0 Å². The molecule has 98 valence electrons. The standard InChI is InChI=1S/C12H16N2O4/c1-3-7(11(15)16)5-9(13)10(14)6-8(4-2)12(17)18/h3-6H,13-14H2,1-2H3,(H,15,16)(H,17,18)/b7-3+,8-4+,9-5-,10-6-. The Bertz CT molecular complexity index is 426. The van der Waals surface area contributed by atoms with Crippen molar-refractivity contribution in [3.05, 3.63) is 46.8 Å². The summed E-state index contributed by atoms with van der Waals surface area (Å²) in [5, 5.41) is 17.6. The van der Waals surface area contributed by atoms with Crippen LogP contribution in [-0.2, 0) is 9.59 Å². The summed E-state index contributed by atoms with van der Waals surface area (Å²) in [4.78, 5) is 21.5. The van der Waals surface area contributed by atoms with E-state index in [1.807, 2.05) is 0 Å². The molecular formula is C12H16N2O4. The molecular weight excluding hydrogens is 236 g/mol. The average Bonchev–Trinajstić information content (AvgIpc) is 2.31. The van der Waals surface area contributed by atoms with Gasteiger partial charge in [-0.2, -0.15) is 0 Å². The van der Waals surface area contributed by atoms with Gasteiger partial charge in [0.15, 0.2) is 0 Å².